The van der Waals surface area contributed by atoms with Gasteiger partial charge in [0.1, 0.15) is 11.1 Å². The zero-order valence-electron chi connectivity index (χ0n) is 8.71. The van der Waals surface area contributed by atoms with Gasteiger partial charge < -0.3 is 0 Å². The number of benzene rings is 1. The minimum Gasteiger partial charge on any atom is -0.260 e. The molecule has 0 amide bonds. The van der Waals surface area contributed by atoms with E-state index < -0.39 is 0 Å². The largest absolute Gasteiger partial charge is 0.260 e. The van der Waals surface area contributed by atoms with Gasteiger partial charge >= 0.3 is 0 Å². The summed E-state index contributed by atoms with van der Waals surface area (Å²) in [6, 6.07) is 7.98. The highest BCUT2D eigenvalue weighted by molar-refractivity contribution is 7.99. The van der Waals surface area contributed by atoms with Crippen molar-refractivity contribution >= 4 is 11.8 Å². The predicted octanol–water partition coefficient (Wildman–Crippen LogP) is 2.81. The second kappa shape index (κ2) is 4.77. The molecule has 0 spiro atoms. The van der Waals surface area contributed by atoms with Crippen LogP contribution in [-0.4, -0.2) is 9.97 Å². The Morgan fingerprint density at radius 1 is 1.31 bits per heavy atom. The molecule has 78 valence electrons. The molecule has 16 heavy (non-hydrogen) atoms. The standard InChI is InChI=1S/C12H9N3S/c1-9-2-3-11(10(6-9)7-13)16-12-8-14-4-5-15-12/h2-6,8H,1H3. The third kappa shape index (κ3) is 2.38. The highest BCUT2D eigenvalue weighted by atomic mass is 32.2. The van der Waals surface area contributed by atoms with Gasteiger partial charge in [-0.15, -0.1) is 0 Å². The Hall–Kier alpha value is -1.86. The van der Waals surface area contributed by atoms with Crippen LogP contribution in [0.25, 0.3) is 0 Å². The zero-order chi connectivity index (χ0) is 11.4. The maximum Gasteiger partial charge on any atom is 0.119 e. The van der Waals surface area contributed by atoms with Gasteiger partial charge in [0.05, 0.1) is 11.8 Å². The Morgan fingerprint density at radius 2 is 2.19 bits per heavy atom. The fraction of sp³-hybridized carbons (Fsp3) is 0.0833. The van der Waals surface area contributed by atoms with Crippen LogP contribution in [0.15, 0.2) is 46.7 Å². The molecular formula is C12H9N3S. The molecule has 0 saturated carbocycles. The predicted molar refractivity (Wildman–Crippen MR) is 62.0 cm³/mol. The summed E-state index contributed by atoms with van der Waals surface area (Å²) >= 11 is 1.45. The third-order valence-corrected chi connectivity index (χ3v) is 3.01. The second-order valence-electron chi connectivity index (χ2n) is 3.26. The van der Waals surface area contributed by atoms with E-state index in [-0.39, 0.29) is 0 Å². The van der Waals surface area contributed by atoms with Crippen molar-refractivity contribution in [3.8, 4) is 6.07 Å². The van der Waals surface area contributed by atoms with Crippen molar-refractivity contribution < 1.29 is 0 Å². The molecule has 1 aromatic heterocycles. The lowest BCUT2D eigenvalue weighted by Gasteiger charge is -2.03. The molecule has 0 bridgehead atoms. The molecule has 0 unspecified atom stereocenters. The molecule has 3 nitrogen and oxygen atoms in total. The summed E-state index contributed by atoms with van der Waals surface area (Å²) < 4.78 is 0. The summed E-state index contributed by atoms with van der Waals surface area (Å²) in [6.45, 7) is 1.97. The molecule has 0 aliphatic heterocycles. The first kappa shape index (κ1) is 10.7. The van der Waals surface area contributed by atoms with Crippen LogP contribution in [0.1, 0.15) is 11.1 Å². The Balaban J connectivity index is 2.32. The van der Waals surface area contributed by atoms with Crippen LogP contribution in [-0.2, 0) is 0 Å². The molecule has 4 heteroatoms. The van der Waals surface area contributed by atoms with E-state index in [0.717, 1.165) is 15.5 Å². The third-order valence-electron chi connectivity index (χ3n) is 2.01. The first-order chi connectivity index (χ1) is 7.79. The number of aromatic nitrogens is 2. The monoisotopic (exact) mass is 227 g/mol. The average molecular weight is 227 g/mol. The number of hydrogen-bond donors (Lipinski definition) is 0. The maximum absolute atomic E-state index is 9.02. The SMILES string of the molecule is Cc1ccc(Sc2cnccn2)c(C#N)c1. The Morgan fingerprint density at radius 3 is 2.88 bits per heavy atom. The molecule has 0 fully saturated rings. The molecule has 2 aromatic rings. The molecule has 0 aliphatic rings. The highest BCUT2D eigenvalue weighted by Crippen LogP contribution is 2.28. The van der Waals surface area contributed by atoms with Crippen molar-refractivity contribution in [2.75, 3.05) is 0 Å². The van der Waals surface area contributed by atoms with Crippen LogP contribution < -0.4 is 0 Å². The normalized spacial score (nSPS) is 9.75. The molecule has 2 rings (SSSR count). The summed E-state index contributed by atoms with van der Waals surface area (Å²) in [4.78, 5) is 9.06. The minimum atomic E-state index is 0.677. The van der Waals surface area contributed by atoms with Crippen molar-refractivity contribution in [3.05, 3.63) is 47.9 Å². The second-order valence-corrected chi connectivity index (χ2v) is 4.32. The van der Waals surface area contributed by atoms with E-state index in [1.165, 1.54) is 11.8 Å². The van der Waals surface area contributed by atoms with Crippen LogP contribution >= 0.6 is 11.8 Å². The molecule has 0 saturated heterocycles. The lowest BCUT2D eigenvalue weighted by molar-refractivity contribution is 1.05. The molecule has 0 aliphatic carbocycles. The molecule has 0 atom stereocenters. The fourth-order valence-electron chi connectivity index (χ4n) is 1.27. The number of nitrogens with zero attached hydrogens (tertiary/aromatic N) is 3. The Kier molecular flexibility index (Phi) is 3.18. The van der Waals surface area contributed by atoms with Gasteiger partial charge in [0, 0.05) is 17.3 Å². The van der Waals surface area contributed by atoms with Crippen molar-refractivity contribution in [3.63, 3.8) is 0 Å². The first-order valence-electron chi connectivity index (χ1n) is 4.74. The van der Waals surface area contributed by atoms with E-state index in [1.54, 1.807) is 18.6 Å². The molecular weight excluding hydrogens is 218 g/mol. The van der Waals surface area contributed by atoms with Gasteiger partial charge in [0.25, 0.3) is 0 Å². The van der Waals surface area contributed by atoms with Crippen LogP contribution in [0.2, 0.25) is 0 Å². The van der Waals surface area contributed by atoms with Gasteiger partial charge in [-0.05, 0) is 24.6 Å². The molecule has 0 radical (unpaired) electrons. The number of aryl methyl sites for hydroxylation is 1. The van der Waals surface area contributed by atoms with Crippen LogP contribution in [0.3, 0.4) is 0 Å². The first-order valence-corrected chi connectivity index (χ1v) is 5.56. The van der Waals surface area contributed by atoms with Crippen molar-refractivity contribution in [1.82, 2.24) is 9.97 Å². The van der Waals surface area contributed by atoms with E-state index >= 15 is 0 Å². The lowest BCUT2D eigenvalue weighted by Crippen LogP contribution is -1.85. The van der Waals surface area contributed by atoms with Gasteiger partial charge in [-0.3, -0.25) is 4.98 Å². The van der Waals surface area contributed by atoms with E-state index in [4.69, 9.17) is 5.26 Å². The lowest BCUT2D eigenvalue weighted by atomic mass is 10.2. The smallest absolute Gasteiger partial charge is 0.119 e. The van der Waals surface area contributed by atoms with Gasteiger partial charge in [-0.25, -0.2) is 4.98 Å². The van der Waals surface area contributed by atoms with Crippen LogP contribution in [0, 0.1) is 18.3 Å². The van der Waals surface area contributed by atoms with Crippen LogP contribution in [0.4, 0.5) is 0 Å². The maximum atomic E-state index is 9.02. The summed E-state index contributed by atoms with van der Waals surface area (Å²) in [5.41, 5.74) is 1.76. The molecule has 0 N–H and O–H groups in total. The number of nitriles is 1. The van der Waals surface area contributed by atoms with E-state index in [2.05, 4.69) is 16.0 Å². The highest BCUT2D eigenvalue weighted by Gasteiger charge is 2.04. The van der Waals surface area contributed by atoms with Crippen molar-refractivity contribution in [2.45, 2.75) is 16.8 Å². The van der Waals surface area contributed by atoms with Gasteiger partial charge in [-0.2, -0.15) is 5.26 Å². The molecule has 1 aromatic carbocycles. The fourth-order valence-corrected chi connectivity index (χ4v) is 2.07. The summed E-state index contributed by atoms with van der Waals surface area (Å²) in [5.74, 6) is 0. The van der Waals surface area contributed by atoms with E-state index in [9.17, 15) is 0 Å². The zero-order valence-corrected chi connectivity index (χ0v) is 9.53. The Labute approximate surface area is 98.2 Å². The van der Waals surface area contributed by atoms with Crippen molar-refractivity contribution in [1.29, 1.82) is 5.26 Å². The van der Waals surface area contributed by atoms with E-state index in [0.29, 0.717) is 5.56 Å². The van der Waals surface area contributed by atoms with Crippen LogP contribution in [0.5, 0.6) is 0 Å². The summed E-state index contributed by atoms with van der Waals surface area (Å²) in [5, 5.41) is 9.82. The van der Waals surface area contributed by atoms with Gasteiger partial charge in [-0.1, -0.05) is 17.8 Å². The number of rotatable bonds is 2. The van der Waals surface area contributed by atoms with Crippen molar-refractivity contribution in [2.24, 2.45) is 0 Å². The van der Waals surface area contributed by atoms with Gasteiger partial charge in [0.15, 0.2) is 0 Å². The number of hydrogen-bond acceptors (Lipinski definition) is 4. The average Bonchev–Trinajstić information content (AvgIpc) is 2.33. The molecule has 1 heterocycles. The van der Waals surface area contributed by atoms with E-state index in [1.807, 2.05) is 25.1 Å². The quantitative estimate of drug-likeness (QED) is 0.791. The Bertz CT molecular complexity index is 532. The topological polar surface area (TPSA) is 49.6 Å². The minimum absolute atomic E-state index is 0.677. The summed E-state index contributed by atoms with van der Waals surface area (Å²) in [7, 11) is 0. The van der Waals surface area contributed by atoms with Gasteiger partial charge in [0.2, 0.25) is 0 Å². The summed E-state index contributed by atoms with van der Waals surface area (Å²) in [6.07, 6.45) is 4.96.